The quantitative estimate of drug-likeness (QED) is 0.315. The molecular formula is C31H34O10. The van der Waals surface area contributed by atoms with Crippen LogP contribution in [0.15, 0.2) is 41.5 Å². The minimum atomic E-state index is -1.75. The van der Waals surface area contributed by atoms with Crippen molar-refractivity contribution >= 4 is 23.7 Å². The molecule has 218 valence electrons. The van der Waals surface area contributed by atoms with Gasteiger partial charge in [-0.1, -0.05) is 23.8 Å². The molecule has 1 heterocycles. The fourth-order valence-corrected chi connectivity index (χ4v) is 9.75. The average Bonchev–Trinajstić information content (AvgIpc) is 2.91. The van der Waals surface area contributed by atoms with Crippen LogP contribution in [0.25, 0.3) is 0 Å². The van der Waals surface area contributed by atoms with E-state index in [0.717, 1.165) is 12.0 Å². The number of hydrogen-bond acceptors (Lipinski definition) is 10. The van der Waals surface area contributed by atoms with Gasteiger partial charge in [-0.05, 0) is 56.2 Å². The number of benzene rings is 1. The third-order valence-electron chi connectivity index (χ3n) is 11.4. The smallest absolute Gasteiger partial charge is 0.338 e. The zero-order chi connectivity index (χ0) is 29.3. The Hall–Kier alpha value is -3.08. The molecule has 6 aliphatic rings. The molecule has 10 nitrogen and oxygen atoms in total. The van der Waals surface area contributed by atoms with Gasteiger partial charge in [0, 0.05) is 25.7 Å². The summed E-state index contributed by atoms with van der Waals surface area (Å²) >= 11 is 0. The maximum Gasteiger partial charge on any atom is 0.338 e. The Kier molecular flexibility index (Phi) is 5.40. The lowest BCUT2D eigenvalue weighted by molar-refractivity contribution is -0.380. The summed E-state index contributed by atoms with van der Waals surface area (Å²) in [6.45, 7) is 5.78. The maximum absolute atomic E-state index is 14.8. The second-order valence-electron chi connectivity index (χ2n) is 13.0. The average molecular weight is 567 g/mol. The number of ether oxygens (including phenoxy) is 4. The molecule has 1 aliphatic heterocycles. The normalized spacial score (nSPS) is 46.7. The van der Waals surface area contributed by atoms with E-state index >= 15 is 0 Å². The molecule has 4 saturated carbocycles. The van der Waals surface area contributed by atoms with Crippen LogP contribution in [0.1, 0.15) is 57.3 Å². The third-order valence-corrected chi connectivity index (χ3v) is 11.4. The molecule has 1 saturated heterocycles. The highest BCUT2D eigenvalue weighted by Crippen LogP contribution is 2.83. The predicted molar refractivity (Wildman–Crippen MR) is 139 cm³/mol. The first-order valence-electron chi connectivity index (χ1n) is 14.2. The fourth-order valence-electron chi connectivity index (χ4n) is 9.75. The summed E-state index contributed by atoms with van der Waals surface area (Å²) in [6.07, 6.45) is -3.77. The molecule has 0 bridgehead atoms. The lowest BCUT2D eigenvalue weighted by Crippen LogP contribution is -2.89. The highest BCUT2D eigenvalue weighted by molar-refractivity contribution is 5.96. The second kappa shape index (κ2) is 8.26. The van der Waals surface area contributed by atoms with Gasteiger partial charge in [0.1, 0.15) is 17.8 Å². The van der Waals surface area contributed by atoms with Crippen molar-refractivity contribution < 1.29 is 48.3 Å². The SMILES string of the molecule is CC(=O)O[C@H]1C(=O)[C@@]2(C)[C@H]([C@H](OC(=O)c3ccccc3)[C@]3(O)CC4CC5C(C)=C1C453)[C@]1(OC(C)=O)CO[C@@H]1C[C@@H]2O. The highest BCUT2D eigenvalue weighted by atomic mass is 16.6. The summed E-state index contributed by atoms with van der Waals surface area (Å²) in [5.41, 5.74) is -4.14. The van der Waals surface area contributed by atoms with Gasteiger partial charge in [-0.15, -0.1) is 0 Å². The third kappa shape index (κ3) is 2.93. The van der Waals surface area contributed by atoms with Gasteiger partial charge < -0.3 is 29.2 Å². The first-order chi connectivity index (χ1) is 19.3. The van der Waals surface area contributed by atoms with E-state index in [1.54, 1.807) is 30.3 Å². The van der Waals surface area contributed by atoms with E-state index in [2.05, 4.69) is 0 Å². The van der Waals surface area contributed by atoms with Crippen LogP contribution in [0.2, 0.25) is 0 Å². The molecule has 1 spiro atoms. The number of carbonyl (C=O) groups is 4. The topological polar surface area (TPSA) is 146 Å². The number of carbonyl (C=O) groups excluding carboxylic acids is 4. The van der Waals surface area contributed by atoms with E-state index in [-0.39, 0.29) is 36.8 Å². The number of fused-ring (bicyclic) bond motifs is 3. The van der Waals surface area contributed by atoms with Crippen LogP contribution in [-0.4, -0.2) is 76.1 Å². The molecule has 11 atom stereocenters. The summed E-state index contributed by atoms with van der Waals surface area (Å²) in [6, 6.07) is 8.33. The van der Waals surface area contributed by atoms with E-state index in [9.17, 15) is 29.4 Å². The molecule has 1 aromatic rings. The monoisotopic (exact) mass is 566 g/mol. The van der Waals surface area contributed by atoms with Crippen LogP contribution in [0.3, 0.4) is 0 Å². The zero-order valence-corrected chi connectivity index (χ0v) is 23.4. The Morgan fingerprint density at radius 2 is 1.76 bits per heavy atom. The van der Waals surface area contributed by atoms with Crippen LogP contribution < -0.4 is 0 Å². The molecule has 3 unspecified atom stereocenters. The minimum Gasteiger partial charge on any atom is -0.455 e. The Morgan fingerprint density at radius 1 is 1.05 bits per heavy atom. The highest BCUT2D eigenvalue weighted by Gasteiger charge is 2.88. The van der Waals surface area contributed by atoms with E-state index < -0.39 is 76.1 Å². The van der Waals surface area contributed by atoms with Crippen LogP contribution >= 0.6 is 0 Å². The van der Waals surface area contributed by atoms with Crippen molar-refractivity contribution in [2.75, 3.05) is 6.61 Å². The summed E-state index contributed by atoms with van der Waals surface area (Å²) in [4.78, 5) is 53.4. The largest absolute Gasteiger partial charge is 0.455 e. The minimum absolute atomic E-state index is 0.00373. The molecule has 0 radical (unpaired) electrons. The number of aliphatic hydroxyl groups is 2. The summed E-state index contributed by atoms with van der Waals surface area (Å²) in [7, 11) is 0. The van der Waals surface area contributed by atoms with Gasteiger partial charge in [0.25, 0.3) is 0 Å². The summed E-state index contributed by atoms with van der Waals surface area (Å²) < 4.78 is 23.8. The molecule has 5 fully saturated rings. The number of esters is 3. The molecular weight excluding hydrogens is 532 g/mol. The summed E-state index contributed by atoms with van der Waals surface area (Å²) in [5, 5.41) is 24.5. The van der Waals surface area contributed by atoms with Gasteiger partial charge in [0.2, 0.25) is 0 Å². The Morgan fingerprint density at radius 3 is 2.34 bits per heavy atom. The van der Waals surface area contributed by atoms with Crippen molar-refractivity contribution in [2.45, 2.75) is 82.6 Å². The van der Waals surface area contributed by atoms with Crippen LogP contribution in [-0.2, 0) is 33.3 Å². The van der Waals surface area contributed by atoms with Gasteiger partial charge in [-0.2, -0.15) is 0 Å². The van der Waals surface area contributed by atoms with Crippen molar-refractivity contribution in [1.29, 1.82) is 0 Å². The van der Waals surface area contributed by atoms with Crippen molar-refractivity contribution in [3.8, 4) is 0 Å². The molecule has 41 heavy (non-hydrogen) atoms. The molecule has 7 rings (SSSR count). The Labute approximate surface area is 237 Å². The van der Waals surface area contributed by atoms with Gasteiger partial charge >= 0.3 is 17.9 Å². The van der Waals surface area contributed by atoms with Crippen molar-refractivity contribution in [2.24, 2.45) is 28.6 Å². The van der Waals surface area contributed by atoms with E-state index in [0.29, 0.717) is 5.57 Å². The van der Waals surface area contributed by atoms with Gasteiger partial charge in [0.05, 0.1) is 29.6 Å². The lowest BCUT2D eigenvalue weighted by Gasteiger charge is -2.82. The first-order valence-corrected chi connectivity index (χ1v) is 14.2. The van der Waals surface area contributed by atoms with Crippen LogP contribution in [0.4, 0.5) is 0 Å². The Bertz CT molecular complexity index is 1420. The lowest BCUT2D eigenvalue weighted by atomic mass is 9.23. The summed E-state index contributed by atoms with van der Waals surface area (Å²) in [5.74, 6) is -3.84. The number of hydrogen-bond donors (Lipinski definition) is 2. The Balaban J connectivity index is 1.47. The van der Waals surface area contributed by atoms with Crippen molar-refractivity contribution in [3.05, 3.63) is 47.0 Å². The molecule has 0 amide bonds. The molecule has 5 aliphatic carbocycles. The van der Waals surface area contributed by atoms with E-state index in [1.807, 2.05) is 6.92 Å². The standard InChI is InChI=1S/C31H34O10/c1-14-19-10-18-12-30(37)26(40-27(36)17-8-6-5-7-9-17)24-28(4,20(34)11-21-29(24,13-38-21)41-16(3)33)25(35)23(39-15(2)32)22(14)31(18,19)30/h5-9,18-21,23-24,26,34,37H,10-13H2,1-4H3/t18?,19?,20-,21+,23+,24-,26-,28+,29-,30+,31?/m0/s1. The first kappa shape index (κ1) is 26.8. The van der Waals surface area contributed by atoms with Crippen molar-refractivity contribution in [1.82, 2.24) is 0 Å². The van der Waals surface area contributed by atoms with Gasteiger partial charge in [-0.25, -0.2) is 4.79 Å². The van der Waals surface area contributed by atoms with Gasteiger partial charge in [-0.3, -0.25) is 14.4 Å². The van der Waals surface area contributed by atoms with Crippen LogP contribution in [0.5, 0.6) is 0 Å². The number of aliphatic hydroxyl groups excluding tert-OH is 1. The number of allylic oxidation sites excluding steroid dienone is 1. The predicted octanol–water partition coefficient (Wildman–Crippen LogP) is 1.90. The van der Waals surface area contributed by atoms with E-state index in [4.69, 9.17) is 18.9 Å². The molecule has 0 aromatic heterocycles. The molecule has 10 heteroatoms. The van der Waals surface area contributed by atoms with Crippen LogP contribution in [0, 0.1) is 28.6 Å². The number of Topliss-reactive ketones (excluding diaryl/α,β-unsaturated/α-hetero) is 1. The van der Waals surface area contributed by atoms with Gasteiger partial charge in [0.15, 0.2) is 17.5 Å². The number of rotatable bonds is 4. The zero-order valence-electron chi connectivity index (χ0n) is 23.4. The molecule has 1 aromatic carbocycles. The number of ketones is 1. The van der Waals surface area contributed by atoms with Crippen molar-refractivity contribution in [3.63, 3.8) is 0 Å². The van der Waals surface area contributed by atoms with E-state index in [1.165, 1.54) is 20.8 Å². The molecule has 2 N–H and O–H groups in total. The maximum atomic E-state index is 14.8. The second-order valence-corrected chi connectivity index (χ2v) is 13.0. The fraction of sp³-hybridized carbons (Fsp3) is 0.613.